The fraction of sp³-hybridized carbons (Fsp3) is 0.600. The van der Waals surface area contributed by atoms with Crippen LogP contribution in [0, 0.1) is 11.8 Å². The Morgan fingerprint density at radius 1 is 1.33 bits per heavy atom. The minimum atomic E-state index is -4.42. The van der Waals surface area contributed by atoms with Gasteiger partial charge in [0.1, 0.15) is 0 Å². The molecule has 0 aromatic rings. The van der Waals surface area contributed by atoms with Gasteiger partial charge in [0, 0.05) is 12.3 Å². The normalized spacial score (nSPS) is 10.2. The van der Waals surface area contributed by atoms with Gasteiger partial charge in [-0.1, -0.05) is 5.92 Å². The molecule has 52 valence electrons. The molecule has 0 aromatic heterocycles. The van der Waals surface area contributed by atoms with Crippen molar-refractivity contribution in [1.29, 1.82) is 0 Å². The minimum Gasteiger partial charge on any atom is -0.395 e. The number of hydrogen-bond donors (Lipinski definition) is 1. The molecule has 0 aliphatic carbocycles. The lowest BCUT2D eigenvalue weighted by molar-refractivity contribution is -0.0697. The van der Waals surface area contributed by atoms with Crippen molar-refractivity contribution < 1.29 is 18.3 Å². The predicted octanol–water partition coefficient (Wildman–Crippen LogP) is 0.935. The van der Waals surface area contributed by atoms with E-state index in [-0.39, 0.29) is 13.0 Å². The molecule has 0 aliphatic rings. The molecule has 0 aromatic carbocycles. The van der Waals surface area contributed by atoms with Gasteiger partial charge in [-0.05, 0) is 0 Å². The second-order valence-electron chi connectivity index (χ2n) is 1.27. The molecule has 1 nitrogen and oxygen atoms in total. The first-order valence-electron chi connectivity index (χ1n) is 2.24. The van der Waals surface area contributed by atoms with Crippen LogP contribution in [0.5, 0.6) is 0 Å². The van der Waals surface area contributed by atoms with E-state index in [9.17, 15) is 13.2 Å². The lowest BCUT2D eigenvalue weighted by Gasteiger charge is -1.90. The zero-order valence-electron chi connectivity index (χ0n) is 4.50. The van der Waals surface area contributed by atoms with Gasteiger partial charge < -0.3 is 5.11 Å². The molecule has 0 unspecified atom stereocenters. The lowest BCUT2D eigenvalue weighted by atomic mass is 10.4. The summed E-state index contributed by atoms with van der Waals surface area (Å²) in [5.41, 5.74) is 0. The van der Waals surface area contributed by atoms with Crippen molar-refractivity contribution in [3.63, 3.8) is 0 Å². The first-order valence-corrected chi connectivity index (χ1v) is 2.24. The molecule has 0 radical (unpaired) electrons. The fourth-order valence-corrected chi connectivity index (χ4v) is 0.219. The number of alkyl halides is 3. The SMILES string of the molecule is OCCC#CC(F)(F)F. The Kier molecular flexibility index (Phi) is 3.10. The van der Waals surface area contributed by atoms with E-state index >= 15 is 0 Å². The molecule has 9 heavy (non-hydrogen) atoms. The summed E-state index contributed by atoms with van der Waals surface area (Å²) in [7, 11) is 0. The Labute approximate surface area is 50.5 Å². The molecular weight excluding hydrogens is 133 g/mol. The van der Waals surface area contributed by atoms with Crippen LogP contribution in [0.4, 0.5) is 13.2 Å². The van der Waals surface area contributed by atoms with Crippen LogP contribution in [0.3, 0.4) is 0 Å². The maximum absolute atomic E-state index is 11.1. The van der Waals surface area contributed by atoms with E-state index in [0.29, 0.717) is 0 Å². The summed E-state index contributed by atoms with van der Waals surface area (Å²) in [5, 5.41) is 7.99. The zero-order chi connectivity index (χ0) is 7.33. The minimum absolute atomic E-state index is 0.125. The van der Waals surface area contributed by atoms with Crippen molar-refractivity contribution in [3.8, 4) is 11.8 Å². The smallest absolute Gasteiger partial charge is 0.395 e. The van der Waals surface area contributed by atoms with Gasteiger partial charge in [-0.15, -0.1) is 0 Å². The van der Waals surface area contributed by atoms with Gasteiger partial charge in [-0.25, -0.2) is 0 Å². The van der Waals surface area contributed by atoms with E-state index in [1.807, 2.05) is 0 Å². The topological polar surface area (TPSA) is 20.2 Å². The Bertz CT molecular complexity index is 127. The summed E-state index contributed by atoms with van der Waals surface area (Å²) < 4.78 is 33.4. The third kappa shape index (κ3) is 7.31. The number of halogens is 3. The third-order valence-electron chi connectivity index (χ3n) is 0.467. The molecule has 0 saturated carbocycles. The van der Waals surface area contributed by atoms with Crippen LogP contribution in [0.1, 0.15) is 6.42 Å². The summed E-state index contributed by atoms with van der Waals surface area (Å²) in [6.45, 7) is -0.330. The van der Waals surface area contributed by atoms with Crippen molar-refractivity contribution in [1.82, 2.24) is 0 Å². The summed E-state index contributed by atoms with van der Waals surface area (Å²) in [5.74, 6) is 2.76. The van der Waals surface area contributed by atoms with Crippen molar-refractivity contribution in [2.24, 2.45) is 0 Å². The predicted molar refractivity (Wildman–Crippen MR) is 25.5 cm³/mol. The summed E-state index contributed by atoms with van der Waals surface area (Å²) in [6.07, 6.45) is -4.55. The van der Waals surface area contributed by atoms with Crippen LogP contribution in [0.15, 0.2) is 0 Å². The summed E-state index contributed by atoms with van der Waals surface area (Å²) >= 11 is 0. The quantitative estimate of drug-likeness (QED) is 0.534. The van der Waals surface area contributed by atoms with E-state index < -0.39 is 6.18 Å². The molecule has 0 fully saturated rings. The van der Waals surface area contributed by atoms with Gasteiger partial charge in [-0.2, -0.15) is 13.2 Å². The number of aliphatic hydroxyl groups is 1. The maximum atomic E-state index is 11.1. The van der Waals surface area contributed by atoms with E-state index in [1.165, 1.54) is 0 Å². The van der Waals surface area contributed by atoms with Gasteiger partial charge in [0.25, 0.3) is 0 Å². The van der Waals surface area contributed by atoms with Crippen LogP contribution >= 0.6 is 0 Å². The second kappa shape index (κ2) is 3.36. The summed E-state index contributed by atoms with van der Waals surface area (Å²) in [4.78, 5) is 0. The van der Waals surface area contributed by atoms with Crippen molar-refractivity contribution in [2.75, 3.05) is 6.61 Å². The van der Waals surface area contributed by atoms with Crippen molar-refractivity contribution in [2.45, 2.75) is 12.6 Å². The van der Waals surface area contributed by atoms with E-state index in [0.717, 1.165) is 5.92 Å². The van der Waals surface area contributed by atoms with Gasteiger partial charge in [0.2, 0.25) is 0 Å². The molecule has 0 aliphatic heterocycles. The van der Waals surface area contributed by atoms with Crippen LogP contribution < -0.4 is 0 Å². The summed E-state index contributed by atoms with van der Waals surface area (Å²) in [6, 6.07) is 0. The Balaban J connectivity index is 3.59. The van der Waals surface area contributed by atoms with Gasteiger partial charge in [0.05, 0.1) is 6.61 Å². The monoisotopic (exact) mass is 138 g/mol. The van der Waals surface area contributed by atoms with Gasteiger partial charge in [0.15, 0.2) is 0 Å². The maximum Gasteiger partial charge on any atom is 0.457 e. The molecule has 0 rings (SSSR count). The highest BCUT2D eigenvalue weighted by Crippen LogP contribution is 2.11. The Hall–Kier alpha value is -0.690. The molecule has 1 N–H and O–H groups in total. The fourth-order valence-electron chi connectivity index (χ4n) is 0.219. The average molecular weight is 138 g/mol. The Morgan fingerprint density at radius 3 is 2.22 bits per heavy atom. The van der Waals surface area contributed by atoms with Crippen LogP contribution in [-0.2, 0) is 0 Å². The van der Waals surface area contributed by atoms with Gasteiger partial charge in [-0.3, -0.25) is 0 Å². The highest BCUT2D eigenvalue weighted by molar-refractivity contribution is 5.04. The van der Waals surface area contributed by atoms with Crippen LogP contribution in [-0.4, -0.2) is 17.9 Å². The number of aliphatic hydroxyl groups excluding tert-OH is 1. The zero-order valence-corrected chi connectivity index (χ0v) is 4.50. The van der Waals surface area contributed by atoms with E-state index in [2.05, 4.69) is 0 Å². The standard InChI is InChI=1S/C5H5F3O/c6-5(7,8)3-1-2-4-9/h9H,2,4H2. The van der Waals surface area contributed by atoms with E-state index in [1.54, 1.807) is 5.92 Å². The molecule has 0 bridgehead atoms. The van der Waals surface area contributed by atoms with Crippen LogP contribution in [0.25, 0.3) is 0 Å². The largest absolute Gasteiger partial charge is 0.457 e. The first kappa shape index (κ1) is 8.31. The van der Waals surface area contributed by atoms with Crippen molar-refractivity contribution in [3.05, 3.63) is 0 Å². The highest BCUT2D eigenvalue weighted by atomic mass is 19.4. The molecule has 0 heterocycles. The average Bonchev–Trinajstić information content (AvgIpc) is 1.63. The number of rotatable bonds is 1. The molecular formula is C5H5F3O. The van der Waals surface area contributed by atoms with Gasteiger partial charge >= 0.3 is 6.18 Å². The second-order valence-corrected chi connectivity index (χ2v) is 1.27. The van der Waals surface area contributed by atoms with E-state index in [4.69, 9.17) is 5.11 Å². The molecule has 4 heteroatoms. The Morgan fingerprint density at radius 2 is 1.89 bits per heavy atom. The molecule has 0 spiro atoms. The first-order chi connectivity index (χ1) is 4.06. The highest BCUT2D eigenvalue weighted by Gasteiger charge is 2.22. The number of hydrogen-bond acceptors (Lipinski definition) is 1. The molecule has 0 saturated heterocycles. The lowest BCUT2D eigenvalue weighted by Crippen LogP contribution is -2.01. The third-order valence-corrected chi connectivity index (χ3v) is 0.467. The van der Waals surface area contributed by atoms with Crippen molar-refractivity contribution >= 4 is 0 Å². The molecule has 0 amide bonds. The molecule has 0 atom stereocenters. The van der Waals surface area contributed by atoms with Crippen LogP contribution in [0.2, 0.25) is 0 Å².